The van der Waals surface area contributed by atoms with Gasteiger partial charge in [-0.2, -0.15) is 0 Å². The van der Waals surface area contributed by atoms with Crippen LogP contribution in [-0.2, 0) is 13.0 Å². The van der Waals surface area contributed by atoms with E-state index in [1.165, 1.54) is 17.0 Å². The first-order valence-electron chi connectivity index (χ1n) is 9.16. The lowest BCUT2D eigenvalue weighted by atomic mass is 10.0. The molecule has 1 N–H and O–H groups in total. The number of ether oxygens (including phenoxy) is 1. The van der Waals surface area contributed by atoms with Crippen LogP contribution in [0.2, 0.25) is 0 Å². The molecule has 0 aromatic heterocycles. The Hall–Kier alpha value is -3.34. The predicted octanol–water partition coefficient (Wildman–Crippen LogP) is 4.98. The number of amides is 1. The van der Waals surface area contributed by atoms with E-state index in [2.05, 4.69) is 0 Å². The summed E-state index contributed by atoms with van der Waals surface area (Å²) in [6, 6.07) is 21.7. The molecule has 5 heteroatoms. The molecule has 0 bridgehead atoms. The summed E-state index contributed by atoms with van der Waals surface area (Å²) in [5.74, 6) is 0.410. The van der Waals surface area contributed by atoms with Gasteiger partial charge >= 0.3 is 6.09 Å². The van der Waals surface area contributed by atoms with Crippen LogP contribution in [-0.4, -0.2) is 28.7 Å². The summed E-state index contributed by atoms with van der Waals surface area (Å²) >= 11 is 0. The highest BCUT2D eigenvalue weighted by Crippen LogP contribution is 2.39. The molecule has 4 nitrogen and oxygen atoms in total. The number of benzene rings is 3. The average Bonchev–Trinajstić information content (AvgIpc) is 3.11. The van der Waals surface area contributed by atoms with Crippen molar-refractivity contribution in [3.8, 4) is 16.9 Å². The van der Waals surface area contributed by atoms with Crippen molar-refractivity contribution < 1.29 is 19.0 Å². The van der Waals surface area contributed by atoms with Crippen LogP contribution in [0.15, 0.2) is 72.8 Å². The molecule has 0 aliphatic carbocycles. The molecule has 0 saturated carbocycles. The van der Waals surface area contributed by atoms with Gasteiger partial charge in [0.05, 0.1) is 6.54 Å². The van der Waals surface area contributed by atoms with Crippen LogP contribution in [0.5, 0.6) is 5.75 Å². The van der Waals surface area contributed by atoms with Gasteiger partial charge in [-0.05, 0) is 28.8 Å². The summed E-state index contributed by atoms with van der Waals surface area (Å²) in [4.78, 5) is 13.1. The number of nitrogens with zero attached hydrogens (tertiary/aromatic N) is 1. The van der Waals surface area contributed by atoms with Crippen LogP contribution in [0.3, 0.4) is 0 Å². The Morgan fingerprint density at radius 3 is 2.61 bits per heavy atom. The van der Waals surface area contributed by atoms with Crippen molar-refractivity contribution in [2.75, 3.05) is 6.54 Å². The first kappa shape index (κ1) is 18.0. The number of para-hydroxylation sites is 1. The van der Waals surface area contributed by atoms with Crippen molar-refractivity contribution in [3.63, 3.8) is 0 Å². The maximum Gasteiger partial charge on any atom is 0.407 e. The van der Waals surface area contributed by atoms with Gasteiger partial charge < -0.3 is 14.7 Å². The van der Waals surface area contributed by atoms with E-state index < -0.39 is 6.09 Å². The van der Waals surface area contributed by atoms with Crippen LogP contribution in [0.1, 0.15) is 11.1 Å². The lowest BCUT2D eigenvalue weighted by Crippen LogP contribution is -2.37. The molecule has 28 heavy (non-hydrogen) atoms. The van der Waals surface area contributed by atoms with Crippen molar-refractivity contribution in [1.82, 2.24) is 4.90 Å². The maximum absolute atomic E-state index is 13.6. The molecule has 1 unspecified atom stereocenters. The molecule has 4 rings (SSSR count). The molecular weight excluding hydrogens is 357 g/mol. The maximum atomic E-state index is 13.6. The topological polar surface area (TPSA) is 49.8 Å². The van der Waals surface area contributed by atoms with Gasteiger partial charge in [0.25, 0.3) is 0 Å². The molecular formula is C23H20FNO3. The summed E-state index contributed by atoms with van der Waals surface area (Å²) in [6.07, 6.45) is -0.630. The fourth-order valence-electron chi connectivity index (χ4n) is 3.58. The number of fused-ring (bicyclic) bond motifs is 1. The highest BCUT2D eigenvalue weighted by Gasteiger charge is 2.29. The molecule has 3 aromatic carbocycles. The molecule has 142 valence electrons. The zero-order valence-corrected chi connectivity index (χ0v) is 15.2. The molecule has 0 radical (unpaired) electrons. The van der Waals surface area contributed by atoms with E-state index in [4.69, 9.17) is 4.74 Å². The zero-order valence-electron chi connectivity index (χ0n) is 15.2. The fourth-order valence-corrected chi connectivity index (χ4v) is 3.58. The Kier molecular flexibility index (Phi) is 4.98. The quantitative estimate of drug-likeness (QED) is 0.682. The third-order valence-corrected chi connectivity index (χ3v) is 4.88. The molecule has 1 aliphatic rings. The summed E-state index contributed by atoms with van der Waals surface area (Å²) in [6.45, 7) is 0.574. The molecule has 0 saturated heterocycles. The van der Waals surface area contributed by atoms with Crippen molar-refractivity contribution in [2.24, 2.45) is 0 Å². The van der Waals surface area contributed by atoms with E-state index >= 15 is 0 Å². The monoisotopic (exact) mass is 377 g/mol. The highest BCUT2D eigenvalue weighted by atomic mass is 19.1. The third-order valence-electron chi connectivity index (χ3n) is 4.88. The second kappa shape index (κ2) is 7.72. The second-order valence-corrected chi connectivity index (χ2v) is 6.90. The van der Waals surface area contributed by atoms with Gasteiger partial charge in [-0.1, -0.05) is 60.7 Å². The minimum Gasteiger partial charge on any atom is -0.487 e. The van der Waals surface area contributed by atoms with Gasteiger partial charge in [-0.3, -0.25) is 0 Å². The normalized spacial score (nSPS) is 15.0. The summed E-state index contributed by atoms with van der Waals surface area (Å²) < 4.78 is 19.8. The fraction of sp³-hybridized carbons (Fsp3) is 0.174. The number of halogens is 1. The van der Waals surface area contributed by atoms with Crippen LogP contribution in [0.25, 0.3) is 11.1 Å². The van der Waals surface area contributed by atoms with E-state index in [0.717, 1.165) is 22.3 Å². The van der Waals surface area contributed by atoms with E-state index in [9.17, 15) is 14.3 Å². The number of carboxylic acid groups (broad SMARTS) is 1. The highest BCUT2D eigenvalue weighted by molar-refractivity contribution is 5.73. The summed E-state index contributed by atoms with van der Waals surface area (Å²) in [5, 5.41) is 9.60. The Balaban J connectivity index is 1.53. The van der Waals surface area contributed by atoms with Crippen molar-refractivity contribution in [3.05, 3.63) is 89.7 Å². The van der Waals surface area contributed by atoms with Crippen molar-refractivity contribution in [2.45, 2.75) is 19.1 Å². The van der Waals surface area contributed by atoms with E-state index in [1.807, 2.05) is 54.6 Å². The Morgan fingerprint density at radius 1 is 1.07 bits per heavy atom. The molecule has 0 fully saturated rings. The Morgan fingerprint density at radius 2 is 1.86 bits per heavy atom. The molecule has 1 aliphatic heterocycles. The van der Waals surface area contributed by atoms with E-state index in [0.29, 0.717) is 18.7 Å². The number of hydrogen-bond donors (Lipinski definition) is 1. The van der Waals surface area contributed by atoms with Crippen LogP contribution in [0, 0.1) is 5.82 Å². The summed E-state index contributed by atoms with van der Waals surface area (Å²) in [7, 11) is 0. The lowest BCUT2D eigenvalue weighted by molar-refractivity contribution is 0.113. The molecule has 3 aromatic rings. The minimum atomic E-state index is -0.978. The lowest BCUT2D eigenvalue weighted by Gasteiger charge is -2.23. The molecule has 1 heterocycles. The van der Waals surface area contributed by atoms with E-state index in [-0.39, 0.29) is 18.5 Å². The van der Waals surface area contributed by atoms with Crippen LogP contribution >= 0.6 is 0 Å². The standard InChI is InChI=1S/C23H20FNO3/c24-19-10-4-8-17(12-19)21-11-5-9-18-13-20(28-22(18)21)15-25(23(26)27)14-16-6-2-1-3-7-16/h1-12,20H,13-15H2,(H,26,27). The SMILES string of the molecule is O=C(O)N(Cc1ccccc1)CC1Cc2cccc(-c3cccc(F)c3)c2O1. The Labute approximate surface area is 162 Å². The first-order valence-corrected chi connectivity index (χ1v) is 9.16. The smallest absolute Gasteiger partial charge is 0.407 e. The van der Waals surface area contributed by atoms with Gasteiger partial charge in [-0.15, -0.1) is 0 Å². The zero-order chi connectivity index (χ0) is 19.5. The Bertz CT molecular complexity index is 990. The van der Waals surface area contributed by atoms with Crippen LogP contribution < -0.4 is 4.74 Å². The number of hydrogen-bond acceptors (Lipinski definition) is 2. The van der Waals surface area contributed by atoms with Gasteiger partial charge in [0.15, 0.2) is 0 Å². The van der Waals surface area contributed by atoms with Gasteiger partial charge in [0, 0.05) is 18.5 Å². The largest absolute Gasteiger partial charge is 0.487 e. The van der Waals surface area contributed by atoms with Gasteiger partial charge in [-0.25, -0.2) is 9.18 Å². The van der Waals surface area contributed by atoms with Crippen molar-refractivity contribution in [1.29, 1.82) is 0 Å². The number of rotatable bonds is 5. The van der Waals surface area contributed by atoms with Crippen molar-refractivity contribution >= 4 is 6.09 Å². The number of carbonyl (C=O) groups is 1. The molecule has 1 atom stereocenters. The summed E-state index contributed by atoms with van der Waals surface area (Å²) in [5.41, 5.74) is 3.51. The van der Waals surface area contributed by atoms with E-state index in [1.54, 1.807) is 6.07 Å². The van der Waals surface area contributed by atoms with Gasteiger partial charge in [0.1, 0.15) is 17.7 Å². The van der Waals surface area contributed by atoms with Crippen LogP contribution in [0.4, 0.5) is 9.18 Å². The predicted molar refractivity (Wildman–Crippen MR) is 105 cm³/mol. The minimum absolute atomic E-state index is 0.265. The third kappa shape index (κ3) is 3.83. The average molecular weight is 377 g/mol. The van der Waals surface area contributed by atoms with Gasteiger partial charge in [0.2, 0.25) is 0 Å². The first-order chi connectivity index (χ1) is 13.6. The second-order valence-electron chi connectivity index (χ2n) is 6.90. The molecule has 0 spiro atoms. The molecule has 1 amide bonds.